The number of carbonyl (C=O) groups excluding carboxylic acids is 1. The number of aliphatic carboxylic acids is 1. The molecular weight excluding hydrogens is 270 g/mol. The molecule has 1 saturated heterocycles. The number of hydrogen-bond donors (Lipinski definition) is 1. The number of rotatable bonds is 3. The predicted molar refractivity (Wildman–Crippen MR) is 78.8 cm³/mol. The fourth-order valence-corrected chi connectivity index (χ4v) is 4.21. The van der Waals surface area contributed by atoms with Crippen LogP contribution in [-0.2, 0) is 14.3 Å². The van der Waals surface area contributed by atoms with E-state index in [0.717, 1.165) is 19.3 Å². The molecule has 1 aliphatic heterocycles. The monoisotopic (exact) mass is 297 g/mol. The van der Waals surface area contributed by atoms with E-state index >= 15 is 0 Å². The first-order chi connectivity index (χ1) is 9.73. The molecule has 0 aromatic heterocycles. The molecule has 1 saturated carbocycles. The summed E-state index contributed by atoms with van der Waals surface area (Å²) in [6, 6.07) is -0.734. The molecule has 5 heteroatoms. The van der Waals surface area contributed by atoms with Crippen LogP contribution >= 0.6 is 0 Å². The van der Waals surface area contributed by atoms with Crippen LogP contribution in [0.2, 0.25) is 0 Å². The van der Waals surface area contributed by atoms with E-state index in [1.54, 1.807) is 7.11 Å². The Morgan fingerprint density at radius 1 is 1.24 bits per heavy atom. The van der Waals surface area contributed by atoms with E-state index < -0.39 is 12.0 Å². The van der Waals surface area contributed by atoms with E-state index in [0.29, 0.717) is 18.9 Å². The molecule has 120 valence electrons. The number of amides is 1. The van der Waals surface area contributed by atoms with Crippen LogP contribution in [0, 0.1) is 17.3 Å². The number of ether oxygens (including phenoxy) is 1. The summed E-state index contributed by atoms with van der Waals surface area (Å²) in [5, 5.41) is 9.35. The lowest BCUT2D eigenvalue weighted by atomic mass is 9.67. The van der Waals surface area contributed by atoms with E-state index in [9.17, 15) is 14.7 Å². The maximum absolute atomic E-state index is 12.8. The molecule has 0 aromatic rings. The molecule has 5 nitrogen and oxygen atoms in total. The Morgan fingerprint density at radius 2 is 1.90 bits per heavy atom. The third-order valence-electron chi connectivity index (χ3n) is 4.90. The Labute approximate surface area is 126 Å². The molecule has 2 fully saturated rings. The van der Waals surface area contributed by atoms with Crippen molar-refractivity contribution in [3.8, 4) is 0 Å². The number of carboxylic acids is 1. The Bertz CT molecular complexity index is 421. The zero-order valence-corrected chi connectivity index (χ0v) is 13.5. The average molecular weight is 297 g/mol. The van der Waals surface area contributed by atoms with Gasteiger partial charge in [0.2, 0.25) is 5.91 Å². The average Bonchev–Trinajstić information content (AvgIpc) is 2.79. The van der Waals surface area contributed by atoms with Crippen molar-refractivity contribution in [2.24, 2.45) is 17.3 Å². The first-order valence-corrected chi connectivity index (χ1v) is 7.79. The molecule has 4 atom stereocenters. The summed E-state index contributed by atoms with van der Waals surface area (Å²) in [5.74, 6) is -0.472. The minimum Gasteiger partial charge on any atom is -0.480 e. The zero-order chi connectivity index (χ0) is 15.8. The molecule has 2 rings (SSSR count). The maximum atomic E-state index is 12.8. The van der Waals surface area contributed by atoms with Crippen LogP contribution in [0.1, 0.15) is 46.5 Å². The van der Waals surface area contributed by atoms with E-state index in [-0.39, 0.29) is 23.3 Å². The largest absolute Gasteiger partial charge is 0.480 e. The quantitative estimate of drug-likeness (QED) is 0.866. The van der Waals surface area contributed by atoms with Crippen molar-refractivity contribution in [1.82, 2.24) is 4.90 Å². The van der Waals surface area contributed by atoms with Crippen LogP contribution in [0.4, 0.5) is 0 Å². The first kappa shape index (κ1) is 16.3. The third-order valence-corrected chi connectivity index (χ3v) is 4.90. The number of hydrogen-bond acceptors (Lipinski definition) is 3. The number of carbonyl (C=O) groups is 2. The molecule has 0 spiro atoms. The van der Waals surface area contributed by atoms with Crippen molar-refractivity contribution in [3.05, 3.63) is 0 Å². The lowest BCUT2D eigenvalue weighted by Gasteiger charge is -2.40. The molecule has 1 heterocycles. The first-order valence-electron chi connectivity index (χ1n) is 7.79. The number of carboxylic acid groups (broad SMARTS) is 1. The van der Waals surface area contributed by atoms with E-state index in [2.05, 4.69) is 20.8 Å². The lowest BCUT2D eigenvalue weighted by molar-refractivity contribution is -0.151. The summed E-state index contributed by atoms with van der Waals surface area (Å²) in [5.41, 5.74) is 0.150. The van der Waals surface area contributed by atoms with Gasteiger partial charge in [-0.1, -0.05) is 20.8 Å². The topological polar surface area (TPSA) is 66.8 Å². The van der Waals surface area contributed by atoms with Crippen molar-refractivity contribution >= 4 is 11.9 Å². The molecule has 0 aromatic carbocycles. The second kappa shape index (κ2) is 5.95. The highest BCUT2D eigenvalue weighted by atomic mass is 16.5. The number of likely N-dealkylation sites (tertiary alicyclic amines) is 1. The van der Waals surface area contributed by atoms with Crippen LogP contribution < -0.4 is 0 Å². The fourth-order valence-electron chi connectivity index (χ4n) is 4.21. The van der Waals surface area contributed by atoms with Gasteiger partial charge in [0.25, 0.3) is 0 Å². The second-order valence-corrected chi connectivity index (χ2v) is 7.55. The Hall–Kier alpha value is -1.10. The van der Waals surface area contributed by atoms with Crippen molar-refractivity contribution < 1.29 is 19.4 Å². The van der Waals surface area contributed by atoms with Crippen LogP contribution in [0.5, 0.6) is 0 Å². The summed E-state index contributed by atoms with van der Waals surface area (Å²) in [6.07, 6.45) is 3.06. The van der Waals surface area contributed by atoms with Gasteiger partial charge in [0.05, 0.1) is 6.10 Å². The van der Waals surface area contributed by atoms with Crippen LogP contribution in [0.3, 0.4) is 0 Å². The Morgan fingerprint density at radius 3 is 2.43 bits per heavy atom. The van der Waals surface area contributed by atoms with Gasteiger partial charge in [-0.25, -0.2) is 4.79 Å². The number of methoxy groups -OCH3 is 1. The fraction of sp³-hybridized carbons (Fsp3) is 0.875. The molecule has 0 bridgehead atoms. The molecular formula is C16H27NO4. The van der Waals surface area contributed by atoms with Gasteiger partial charge in [-0.2, -0.15) is 0 Å². The van der Waals surface area contributed by atoms with Crippen LogP contribution in [-0.4, -0.2) is 47.7 Å². The molecule has 2 aliphatic rings. The lowest BCUT2D eigenvalue weighted by Crippen LogP contribution is -2.46. The molecule has 1 aliphatic carbocycles. The van der Waals surface area contributed by atoms with Crippen LogP contribution in [0.15, 0.2) is 0 Å². The van der Waals surface area contributed by atoms with Crippen molar-refractivity contribution in [3.63, 3.8) is 0 Å². The second-order valence-electron chi connectivity index (χ2n) is 7.55. The van der Waals surface area contributed by atoms with E-state index in [4.69, 9.17) is 4.74 Å². The van der Waals surface area contributed by atoms with Crippen molar-refractivity contribution in [1.29, 1.82) is 0 Å². The van der Waals surface area contributed by atoms with Gasteiger partial charge in [0.15, 0.2) is 0 Å². The minimum atomic E-state index is -0.925. The smallest absolute Gasteiger partial charge is 0.326 e. The number of nitrogens with zero attached hydrogens (tertiary/aromatic N) is 1. The van der Waals surface area contributed by atoms with Gasteiger partial charge in [-0.05, 0) is 30.6 Å². The van der Waals surface area contributed by atoms with Crippen LogP contribution in [0.25, 0.3) is 0 Å². The normalized spacial score (nSPS) is 35.7. The molecule has 4 unspecified atom stereocenters. The zero-order valence-electron chi connectivity index (χ0n) is 13.5. The maximum Gasteiger partial charge on any atom is 0.326 e. The summed E-state index contributed by atoms with van der Waals surface area (Å²) >= 11 is 0. The summed E-state index contributed by atoms with van der Waals surface area (Å²) in [6.45, 7) is 6.97. The van der Waals surface area contributed by atoms with Gasteiger partial charge >= 0.3 is 5.97 Å². The van der Waals surface area contributed by atoms with E-state index in [1.165, 1.54) is 4.90 Å². The van der Waals surface area contributed by atoms with Crippen molar-refractivity contribution in [2.75, 3.05) is 13.7 Å². The van der Waals surface area contributed by atoms with Gasteiger partial charge in [0.1, 0.15) is 6.04 Å². The highest BCUT2D eigenvalue weighted by molar-refractivity contribution is 5.86. The highest BCUT2D eigenvalue weighted by Gasteiger charge is 2.44. The standard InChI is InChI=1S/C16H27NO4/c1-10-5-11(8-16(2,3)7-10)14(18)17-9-12(21-4)6-13(17)15(19)20/h10-13H,5-9H2,1-4H3,(H,19,20). The Kier molecular flexibility index (Phi) is 4.61. The van der Waals surface area contributed by atoms with Gasteiger partial charge in [0, 0.05) is 26.0 Å². The summed E-state index contributed by atoms with van der Waals surface area (Å²) in [4.78, 5) is 25.8. The molecule has 21 heavy (non-hydrogen) atoms. The Balaban J connectivity index is 2.12. The summed E-state index contributed by atoms with van der Waals surface area (Å²) < 4.78 is 5.26. The molecule has 0 radical (unpaired) electrons. The molecule has 1 amide bonds. The van der Waals surface area contributed by atoms with Gasteiger partial charge in [-0.3, -0.25) is 4.79 Å². The highest BCUT2D eigenvalue weighted by Crippen LogP contribution is 2.42. The van der Waals surface area contributed by atoms with Gasteiger partial charge in [-0.15, -0.1) is 0 Å². The SMILES string of the molecule is COC1CC(C(=O)O)N(C(=O)C2CC(C)CC(C)(C)C2)C1. The predicted octanol–water partition coefficient (Wildman–Crippen LogP) is 2.15. The van der Waals surface area contributed by atoms with Gasteiger partial charge < -0.3 is 14.7 Å². The third kappa shape index (κ3) is 3.57. The summed E-state index contributed by atoms with van der Waals surface area (Å²) in [7, 11) is 1.57. The van der Waals surface area contributed by atoms with E-state index in [1.807, 2.05) is 0 Å². The molecule has 1 N–H and O–H groups in total. The minimum absolute atomic E-state index is 0.00146. The van der Waals surface area contributed by atoms with Crippen molar-refractivity contribution in [2.45, 2.75) is 58.6 Å².